The maximum atomic E-state index is 12.8. The van der Waals surface area contributed by atoms with Crippen LogP contribution in [-0.4, -0.2) is 39.0 Å². The number of hydrogen-bond acceptors (Lipinski definition) is 5. The summed E-state index contributed by atoms with van der Waals surface area (Å²) in [5, 5.41) is 20.8. The first-order chi connectivity index (χ1) is 18.1. The van der Waals surface area contributed by atoms with E-state index in [0.29, 0.717) is 29.0 Å². The molecule has 1 heterocycles. The second-order valence-corrected chi connectivity index (χ2v) is 10.7. The van der Waals surface area contributed by atoms with E-state index in [9.17, 15) is 19.8 Å². The van der Waals surface area contributed by atoms with E-state index in [2.05, 4.69) is 13.8 Å². The van der Waals surface area contributed by atoms with E-state index in [4.69, 9.17) is 5.73 Å². The number of nitrogens with two attached hydrogens (primary N) is 1. The highest BCUT2D eigenvalue weighted by atomic mass is 16.3. The Bertz CT molecular complexity index is 1150. The van der Waals surface area contributed by atoms with Gasteiger partial charge in [-0.05, 0) is 47.9 Å². The van der Waals surface area contributed by atoms with Crippen molar-refractivity contribution in [3.63, 3.8) is 0 Å². The Morgan fingerprint density at radius 3 is 1.45 bits per heavy atom. The zero-order valence-corrected chi connectivity index (χ0v) is 22.7. The van der Waals surface area contributed by atoms with Gasteiger partial charge in [0.25, 0.3) is 11.8 Å². The van der Waals surface area contributed by atoms with E-state index in [1.807, 2.05) is 74.5 Å². The monoisotopic (exact) mass is 516 g/mol. The maximum absolute atomic E-state index is 12.8. The number of carbonyl (C=O) groups excluding carboxylic acids is 2. The van der Waals surface area contributed by atoms with Gasteiger partial charge in [0.1, 0.15) is 0 Å². The topological polar surface area (TPSA) is 104 Å². The molecule has 4 atom stereocenters. The van der Waals surface area contributed by atoms with Gasteiger partial charge in [-0.3, -0.25) is 14.5 Å². The van der Waals surface area contributed by atoms with Gasteiger partial charge in [0.15, 0.2) is 0 Å². The van der Waals surface area contributed by atoms with Gasteiger partial charge in [-0.2, -0.15) is 0 Å². The molecular formula is C32H40N2O4. The van der Waals surface area contributed by atoms with Crippen LogP contribution in [0.25, 0.3) is 0 Å². The molecular weight excluding hydrogens is 476 g/mol. The molecule has 1 aliphatic heterocycles. The van der Waals surface area contributed by atoms with Crippen LogP contribution in [0.3, 0.4) is 0 Å². The van der Waals surface area contributed by atoms with Crippen LogP contribution in [0.2, 0.25) is 0 Å². The molecule has 4 rings (SSSR count). The molecule has 1 aliphatic rings. The van der Waals surface area contributed by atoms with E-state index in [0.717, 1.165) is 12.0 Å². The van der Waals surface area contributed by atoms with E-state index >= 15 is 0 Å². The lowest BCUT2D eigenvalue weighted by atomic mass is 9.93. The highest BCUT2D eigenvalue weighted by Gasteiger charge is 2.42. The number of aliphatic hydroxyl groups excluding tert-OH is 2. The average molecular weight is 517 g/mol. The quantitative estimate of drug-likeness (QED) is 0.325. The Morgan fingerprint density at radius 1 is 0.632 bits per heavy atom. The molecule has 0 fully saturated rings. The third-order valence-corrected chi connectivity index (χ3v) is 6.67. The van der Waals surface area contributed by atoms with Gasteiger partial charge in [0, 0.05) is 6.04 Å². The minimum Gasteiger partial charge on any atom is -0.387 e. The number of rotatable bonds is 9. The van der Waals surface area contributed by atoms with E-state index in [1.165, 1.54) is 4.90 Å². The lowest BCUT2D eigenvalue weighted by Gasteiger charge is -2.32. The van der Waals surface area contributed by atoms with Crippen molar-refractivity contribution in [1.29, 1.82) is 0 Å². The molecule has 202 valence electrons. The van der Waals surface area contributed by atoms with Gasteiger partial charge in [0.2, 0.25) is 0 Å². The summed E-state index contributed by atoms with van der Waals surface area (Å²) in [5.41, 5.74) is 8.34. The summed E-state index contributed by atoms with van der Waals surface area (Å²) < 4.78 is 0. The van der Waals surface area contributed by atoms with E-state index in [1.54, 1.807) is 24.3 Å². The van der Waals surface area contributed by atoms with Crippen LogP contribution < -0.4 is 5.73 Å². The average Bonchev–Trinajstić information content (AvgIpc) is 3.17. The maximum Gasteiger partial charge on any atom is 0.261 e. The van der Waals surface area contributed by atoms with E-state index < -0.39 is 18.2 Å². The molecule has 38 heavy (non-hydrogen) atoms. The molecule has 3 aromatic carbocycles. The first-order valence-corrected chi connectivity index (χ1v) is 13.3. The summed E-state index contributed by atoms with van der Waals surface area (Å²) in [5.74, 6) is 0.105. The smallest absolute Gasteiger partial charge is 0.261 e. The fourth-order valence-corrected chi connectivity index (χ4v) is 4.81. The van der Waals surface area contributed by atoms with Crippen molar-refractivity contribution >= 4 is 11.8 Å². The van der Waals surface area contributed by atoms with Crippen molar-refractivity contribution < 1.29 is 19.8 Å². The fourth-order valence-electron chi connectivity index (χ4n) is 4.81. The van der Waals surface area contributed by atoms with Gasteiger partial charge in [-0.1, -0.05) is 100 Å². The number of aliphatic hydroxyl groups is 2. The zero-order valence-electron chi connectivity index (χ0n) is 22.7. The van der Waals surface area contributed by atoms with Gasteiger partial charge in [0.05, 0.1) is 29.4 Å². The Balaban J connectivity index is 0.000000244. The molecule has 0 bridgehead atoms. The zero-order chi connectivity index (χ0) is 27.8. The second-order valence-electron chi connectivity index (χ2n) is 10.7. The molecule has 0 aromatic heterocycles. The molecule has 0 spiro atoms. The van der Waals surface area contributed by atoms with E-state index in [-0.39, 0.29) is 23.8 Å². The predicted molar refractivity (Wildman–Crippen MR) is 150 cm³/mol. The first kappa shape index (κ1) is 29.2. The third-order valence-electron chi connectivity index (χ3n) is 6.67. The number of benzene rings is 3. The van der Waals surface area contributed by atoms with Crippen LogP contribution in [0, 0.1) is 11.8 Å². The van der Waals surface area contributed by atoms with Crippen LogP contribution in [0.1, 0.15) is 84.6 Å². The molecule has 6 heteroatoms. The molecule has 0 aliphatic carbocycles. The second kappa shape index (κ2) is 13.5. The number of hydrogen-bond donors (Lipinski definition) is 3. The van der Waals surface area contributed by atoms with Crippen molar-refractivity contribution in [3.05, 3.63) is 107 Å². The SMILES string of the molecule is CC(C)CC(C(O)c1ccccc1)N1C(=O)c2ccccc2C1=O.CC(C)CC(N)C(O)c1ccccc1. The summed E-state index contributed by atoms with van der Waals surface area (Å²) >= 11 is 0. The van der Waals surface area contributed by atoms with Gasteiger partial charge < -0.3 is 15.9 Å². The standard InChI is InChI=1S/C20H21NO3.C12H19NO/c1-13(2)12-17(18(22)14-8-4-3-5-9-14)21-19(23)15-10-6-7-11-16(15)20(21)24;1-9(2)8-11(13)12(14)10-6-4-3-5-7-10/h3-11,13,17-18,22H,12H2,1-2H3;3-7,9,11-12,14H,8,13H2,1-2H3. The van der Waals surface area contributed by atoms with Crippen LogP contribution >= 0.6 is 0 Å². The number of amides is 2. The summed E-state index contributed by atoms with van der Waals surface area (Å²) in [7, 11) is 0. The minimum absolute atomic E-state index is 0.169. The van der Waals surface area contributed by atoms with Crippen molar-refractivity contribution in [3.8, 4) is 0 Å². The molecule has 0 saturated carbocycles. The van der Waals surface area contributed by atoms with Crippen LogP contribution in [0.5, 0.6) is 0 Å². The fraction of sp³-hybridized carbons (Fsp3) is 0.375. The summed E-state index contributed by atoms with van der Waals surface area (Å²) in [4.78, 5) is 26.8. The molecule has 6 nitrogen and oxygen atoms in total. The molecule has 2 amide bonds. The van der Waals surface area contributed by atoms with Crippen molar-refractivity contribution in [2.24, 2.45) is 17.6 Å². The van der Waals surface area contributed by atoms with Crippen molar-refractivity contribution in [2.75, 3.05) is 0 Å². The van der Waals surface area contributed by atoms with Crippen LogP contribution in [-0.2, 0) is 0 Å². The Labute approximate surface area is 226 Å². The highest BCUT2D eigenvalue weighted by molar-refractivity contribution is 6.21. The van der Waals surface area contributed by atoms with Gasteiger partial charge in [-0.15, -0.1) is 0 Å². The number of fused-ring (bicyclic) bond motifs is 1. The van der Waals surface area contributed by atoms with Crippen LogP contribution in [0.15, 0.2) is 84.9 Å². The molecule has 0 saturated heterocycles. The van der Waals surface area contributed by atoms with Gasteiger partial charge >= 0.3 is 0 Å². The predicted octanol–water partition coefficient (Wildman–Crippen LogP) is 5.52. The first-order valence-electron chi connectivity index (χ1n) is 13.3. The Hall–Kier alpha value is -3.32. The lowest BCUT2D eigenvalue weighted by Crippen LogP contribution is -2.44. The number of carbonyl (C=O) groups is 2. The Morgan fingerprint density at radius 2 is 1.03 bits per heavy atom. The molecule has 4 N–H and O–H groups in total. The summed E-state index contributed by atoms with van der Waals surface area (Å²) in [6, 6.07) is 24.8. The normalized spacial score (nSPS) is 16.1. The molecule has 3 aromatic rings. The molecule has 0 radical (unpaired) electrons. The number of imide groups is 1. The van der Waals surface area contributed by atoms with Crippen molar-refractivity contribution in [1.82, 2.24) is 4.90 Å². The number of nitrogens with zero attached hydrogens (tertiary/aromatic N) is 1. The Kier molecular flexibility index (Phi) is 10.4. The molecule has 4 unspecified atom stereocenters. The summed E-state index contributed by atoms with van der Waals surface area (Å²) in [6.07, 6.45) is -0.0631. The van der Waals surface area contributed by atoms with Gasteiger partial charge in [-0.25, -0.2) is 0 Å². The lowest BCUT2D eigenvalue weighted by molar-refractivity contribution is 0.0286. The van der Waals surface area contributed by atoms with Crippen LogP contribution in [0.4, 0.5) is 0 Å². The minimum atomic E-state index is -0.907. The van der Waals surface area contributed by atoms with Crippen molar-refractivity contribution in [2.45, 2.75) is 64.8 Å². The summed E-state index contributed by atoms with van der Waals surface area (Å²) in [6.45, 7) is 8.25. The largest absolute Gasteiger partial charge is 0.387 e. The highest BCUT2D eigenvalue weighted by Crippen LogP contribution is 2.33. The third kappa shape index (κ3) is 7.16.